The minimum absolute atomic E-state index is 0.0697. The predicted molar refractivity (Wildman–Crippen MR) is 63.2 cm³/mol. The molecular formula is C10H14NO7P. The second-order valence-corrected chi connectivity index (χ2v) is 5.32. The molecule has 1 aliphatic rings. The van der Waals surface area contributed by atoms with E-state index < -0.39 is 32.9 Å². The first-order valence-electron chi connectivity index (χ1n) is 5.58. The summed E-state index contributed by atoms with van der Waals surface area (Å²) >= 11 is 0. The molecule has 3 atom stereocenters. The van der Waals surface area contributed by atoms with Crippen molar-refractivity contribution < 1.29 is 28.7 Å². The Morgan fingerprint density at radius 3 is 2.79 bits per heavy atom. The average Bonchev–Trinajstić information content (AvgIpc) is 2.70. The van der Waals surface area contributed by atoms with Gasteiger partial charge in [-0.1, -0.05) is 6.07 Å². The number of hydrogen-bond donors (Lipinski definition) is 3. The van der Waals surface area contributed by atoms with Crippen LogP contribution in [0.15, 0.2) is 29.2 Å². The van der Waals surface area contributed by atoms with Gasteiger partial charge in [0, 0.05) is 18.7 Å². The highest BCUT2D eigenvalue weighted by Gasteiger charge is 2.40. The highest BCUT2D eigenvalue weighted by Crippen LogP contribution is 2.43. The van der Waals surface area contributed by atoms with Crippen molar-refractivity contribution in [2.75, 3.05) is 6.61 Å². The van der Waals surface area contributed by atoms with E-state index in [1.165, 1.54) is 16.8 Å². The summed E-state index contributed by atoms with van der Waals surface area (Å²) < 4.78 is 22.0. The fourth-order valence-electron chi connectivity index (χ4n) is 2.00. The zero-order chi connectivity index (χ0) is 14.0. The average molecular weight is 291 g/mol. The number of pyridine rings is 1. The summed E-state index contributed by atoms with van der Waals surface area (Å²) in [4.78, 5) is 29.2. The number of nitrogens with zero attached hydrogens (tertiary/aromatic N) is 1. The summed E-state index contributed by atoms with van der Waals surface area (Å²) in [5.41, 5.74) is -0.305. The summed E-state index contributed by atoms with van der Waals surface area (Å²) in [5, 5.41) is 9.12. The zero-order valence-corrected chi connectivity index (χ0v) is 10.7. The summed E-state index contributed by atoms with van der Waals surface area (Å²) in [7, 11) is -4.67. The Kier molecular flexibility index (Phi) is 4.19. The fourth-order valence-corrected chi connectivity index (χ4v) is 2.57. The molecule has 1 aromatic rings. The molecule has 0 aliphatic carbocycles. The molecule has 9 heteroatoms. The van der Waals surface area contributed by atoms with Crippen LogP contribution in [0.25, 0.3) is 0 Å². The molecule has 0 aromatic carbocycles. The van der Waals surface area contributed by atoms with Crippen molar-refractivity contribution in [3.63, 3.8) is 0 Å². The molecule has 1 saturated heterocycles. The number of ether oxygens (including phenoxy) is 1. The molecule has 2 rings (SSSR count). The van der Waals surface area contributed by atoms with Crippen molar-refractivity contribution in [1.29, 1.82) is 0 Å². The number of phosphoric ester groups is 1. The van der Waals surface area contributed by atoms with Crippen LogP contribution in [0.3, 0.4) is 0 Å². The third kappa shape index (κ3) is 3.50. The fraction of sp³-hybridized carbons (Fsp3) is 0.500. The Morgan fingerprint density at radius 1 is 1.47 bits per heavy atom. The van der Waals surface area contributed by atoms with E-state index in [4.69, 9.17) is 19.6 Å². The Bertz CT molecular complexity index is 539. The van der Waals surface area contributed by atoms with Gasteiger partial charge >= 0.3 is 7.82 Å². The normalized spacial score (nSPS) is 27.6. The van der Waals surface area contributed by atoms with Gasteiger partial charge in [-0.3, -0.25) is 13.9 Å². The maximum atomic E-state index is 11.6. The first kappa shape index (κ1) is 14.4. The first-order chi connectivity index (χ1) is 8.90. The molecule has 0 saturated carbocycles. The molecular weight excluding hydrogens is 277 g/mol. The molecule has 106 valence electrons. The molecule has 0 spiro atoms. The smallest absolute Gasteiger partial charge is 0.394 e. The highest BCUT2D eigenvalue weighted by molar-refractivity contribution is 7.46. The molecule has 1 fully saturated rings. The lowest BCUT2D eigenvalue weighted by molar-refractivity contribution is -0.0448. The van der Waals surface area contributed by atoms with E-state index in [9.17, 15) is 9.36 Å². The van der Waals surface area contributed by atoms with Crippen molar-refractivity contribution in [3.05, 3.63) is 34.7 Å². The Balaban J connectivity index is 2.17. The van der Waals surface area contributed by atoms with E-state index in [-0.39, 0.29) is 12.0 Å². The maximum Gasteiger partial charge on any atom is 0.469 e. The largest absolute Gasteiger partial charge is 0.469 e. The van der Waals surface area contributed by atoms with E-state index in [2.05, 4.69) is 4.52 Å². The van der Waals surface area contributed by atoms with E-state index in [0.29, 0.717) is 0 Å². The molecule has 3 N–H and O–H groups in total. The lowest BCUT2D eigenvalue weighted by Crippen LogP contribution is -2.27. The van der Waals surface area contributed by atoms with Gasteiger partial charge in [0.15, 0.2) is 0 Å². The van der Waals surface area contributed by atoms with Gasteiger partial charge in [0.1, 0.15) is 18.4 Å². The first-order valence-corrected chi connectivity index (χ1v) is 7.11. The molecule has 0 radical (unpaired) electrons. The van der Waals surface area contributed by atoms with Crippen molar-refractivity contribution in [1.82, 2.24) is 4.57 Å². The van der Waals surface area contributed by atoms with Gasteiger partial charge in [0.2, 0.25) is 0 Å². The van der Waals surface area contributed by atoms with Gasteiger partial charge in [-0.05, 0) is 6.07 Å². The van der Waals surface area contributed by atoms with Crippen molar-refractivity contribution >= 4 is 7.82 Å². The predicted octanol–water partition coefficient (Wildman–Crippen LogP) is -0.394. The van der Waals surface area contributed by atoms with Crippen molar-refractivity contribution in [3.8, 4) is 0 Å². The van der Waals surface area contributed by atoms with Crippen LogP contribution in [-0.2, 0) is 13.8 Å². The van der Waals surface area contributed by atoms with Crippen LogP contribution in [0.4, 0.5) is 0 Å². The third-order valence-corrected chi connectivity index (χ3v) is 3.34. The van der Waals surface area contributed by atoms with Gasteiger partial charge in [-0.15, -0.1) is 0 Å². The molecule has 19 heavy (non-hydrogen) atoms. The van der Waals surface area contributed by atoms with Gasteiger partial charge in [0.25, 0.3) is 5.56 Å². The van der Waals surface area contributed by atoms with E-state index in [0.717, 1.165) is 0 Å². The standard InChI is InChI=1S/C10H14NO7P/c12-6-8-7(18-19(14,15)16)5-10(17-8)11-4-2-1-3-9(11)13/h1-4,7-8,10,12H,5-6H2,(H2,14,15,16)/t7-,8+,10+/m0/s1. The van der Waals surface area contributed by atoms with Crippen LogP contribution in [0.2, 0.25) is 0 Å². The maximum absolute atomic E-state index is 11.6. The van der Waals surface area contributed by atoms with Crippen LogP contribution in [0, 0.1) is 0 Å². The molecule has 1 aromatic heterocycles. The SMILES string of the molecule is O=c1ccccn1[C@H]1C[C@H](OP(=O)(O)O)[C@@H](CO)O1. The van der Waals surface area contributed by atoms with E-state index in [1.54, 1.807) is 12.1 Å². The topological polar surface area (TPSA) is 118 Å². The molecule has 1 aliphatic heterocycles. The van der Waals surface area contributed by atoms with Crippen molar-refractivity contribution in [2.45, 2.75) is 24.9 Å². The van der Waals surface area contributed by atoms with Crippen LogP contribution < -0.4 is 5.56 Å². The van der Waals surface area contributed by atoms with Gasteiger partial charge in [0.05, 0.1) is 6.61 Å². The lowest BCUT2D eigenvalue weighted by atomic mass is 10.2. The number of phosphoric acid groups is 1. The van der Waals surface area contributed by atoms with Gasteiger partial charge in [-0.25, -0.2) is 4.57 Å². The summed E-state index contributed by atoms with van der Waals surface area (Å²) in [6.07, 6.45) is -1.00. The monoisotopic (exact) mass is 291 g/mol. The number of aromatic nitrogens is 1. The zero-order valence-electron chi connectivity index (χ0n) is 9.82. The summed E-state index contributed by atoms with van der Waals surface area (Å²) in [6, 6.07) is 4.55. The van der Waals surface area contributed by atoms with Gasteiger partial charge < -0.3 is 19.6 Å². The number of aliphatic hydroxyl groups is 1. The Labute approximate surface area is 108 Å². The second kappa shape index (κ2) is 5.54. The van der Waals surface area contributed by atoms with E-state index >= 15 is 0 Å². The third-order valence-electron chi connectivity index (χ3n) is 2.79. The minimum atomic E-state index is -4.67. The molecule has 0 bridgehead atoms. The second-order valence-electron chi connectivity index (χ2n) is 4.13. The lowest BCUT2D eigenvalue weighted by Gasteiger charge is -2.16. The summed E-state index contributed by atoms with van der Waals surface area (Å²) in [5.74, 6) is 0. The van der Waals surface area contributed by atoms with Crippen LogP contribution in [0.5, 0.6) is 0 Å². The number of hydrogen-bond acceptors (Lipinski definition) is 5. The molecule has 0 amide bonds. The Hall–Kier alpha value is -1.02. The van der Waals surface area contributed by atoms with Crippen LogP contribution >= 0.6 is 7.82 Å². The highest BCUT2D eigenvalue weighted by atomic mass is 31.2. The van der Waals surface area contributed by atoms with Crippen LogP contribution in [0.1, 0.15) is 12.6 Å². The van der Waals surface area contributed by atoms with E-state index in [1.807, 2.05) is 0 Å². The molecule has 2 heterocycles. The molecule has 8 nitrogen and oxygen atoms in total. The minimum Gasteiger partial charge on any atom is -0.394 e. The quantitative estimate of drug-likeness (QED) is 0.646. The van der Waals surface area contributed by atoms with Gasteiger partial charge in [-0.2, -0.15) is 0 Å². The number of aliphatic hydroxyl groups excluding tert-OH is 1. The molecule has 0 unspecified atom stereocenters. The van der Waals surface area contributed by atoms with Crippen LogP contribution in [-0.4, -0.2) is 38.3 Å². The summed E-state index contributed by atoms with van der Waals surface area (Å²) in [6.45, 7) is -0.456. The number of rotatable bonds is 4. The van der Waals surface area contributed by atoms with Crippen molar-refractivity contribution in [2.24, 2.45) is 0 Å². The Morgan fingerprint density at radius 2 is 2.21 bits per heavy atom.